The van der Waals surface area contributed by atoms with E-state index in [1.165, 1.54) is 0 Å². The molecule has 0 saturated heterocycles. The molecule has 4 nitrogen and oxygen atoms in total. The first-order valence-electron chi connectivity index (χ1n) is 10.0. The summed E-state index contributed by atoms with van der Waals surface area (Å²) < 4.78 is 0. The topological polar surface area (TPSA) is 77.8 Å². The molecule has 0 heterocycles. The van der Waals surface area contributed by atoms with Gasteiger partial charge in [-0.3, -0.25) is 4.79 Å². The summed E-state index contributed by atoms with van der Waals surface area (Å²) >= 11 is 0. The first-order chi connectivity index (χ1) is 13.2. The number of ketones is 1. The minimum atomic E-state index is -1.43. The summed E-state index contributed by atoms with van der Waals surface area (Å²) in [5.74, 6) is -0.336. The van der Waals surface area contributed by atoms with Crippen LogP contribution in [0.5, 0.6) is 5.75 Å². The zero-order valence-corrected chi connectivity index (χ0v) is 16.6. The number of hydrogen-bond donors (Lipinski definition) is 3. The quantitative estimate of drug-likeness (QED) is 0.738. The van der Waals surface area contributed by atoms with Crippen molar-refractivity contribution in [2.75, 3.05) is 0 Å². The molecule has 4 rings (SSSR count). The first-order valence-corrected chi connectivity index (χ1v) is 10.0. The molecule has 1 fully saturated rings. The highest BCUT2D eigenvalue weighted by Crippen LogP contribution is 2.61. The molecule has 4 heteroatoms. The van der Waals surface area contributed by atoms with Crippen LogP contribution in [0.15, 0.2) is 48.5 Å². The van der Waals surface area contributed by atoms with Gasteiger partial charge in [-0.1, -0.05) is 50.2 Å². The number of phenols is 1. The summed E-state index contributed by atoms with van der Waals surface area (Å²) in [6.45, 7) is 5.69. The molecule has 3 N–H and O–H groups in total. The first kappa shape index (κ1) is 19.2. The number of carbonyl (C=O) groups excluding carboxylic acids is 1. The Labute approximate surface area is 165 Å². The van der Waals surface area contributed by atoms with Crippen molar-refractivity contribution in [3.63, 3.8) is 0 Å². The van der Waals surface area contributed by atoms with Gasteiger partial charge in [0.2, 0.25) is 0 Å². The number of carbonyl (C=O) groups is 1. The molecule has 0 aliphatic heterocycles. The monoisotopic (exact) mass is 380 g/mol. The number of phenolic OH excluding ortho intramolecular Hbond substituents is 1. The van der Waals surface area contributed by atoms with Crippen molar-refractivity contribution >= 4 is 5.78 Å². The fourth-order valence-corrected chi connectivity index (χ4v) is 5.89. The Kier molecular flexibility index (Phi) is 4.22. The summed E-state index contributed by atoms with van der Waals surface area (Å²) in [5.41, 5.74) is -1.11. The lowest BCUT2D eigenvalue weighted by Gasteiger charge is -2.60. The summed E-state index contributed by atoms with van der Waals surface area (Å²) in [4.78, 5) is 13.1. The average Bonchev–Trinajstić information content (AvgIpc) is 2.68. The molecule has 2 aromatic carbocycles. The molecule has 2 aromatic rings. The standard InChI is InChI=1S/C24H28O4/c1-4-23-14-22(3,27)24(28,16-8-6-5-7-9-16)13-20(23)15(2)21(26)18-12-17(25)10-11-19(18)23/h5-12,15,20,25,27-28H,4,13-14H2,1-3H3/t15?,20-,22+,23-,24+/m0/s1. The van der Waals surface area contributed by atoms with Crippen LogP contribution in [0.1, 0.15) is 61.5 Å². The van der Waals surface area contributed by atoms with Crippen LogP contribution in [-0.4, -0.2) is 26.7 Å². The highest BCUT2D eigenvalue weighted by Gasteiger charge is 2.63. The van der Waals surface area contributed by atoms with Gasteiger partial charge in [0.25, 0.3) is 0 Å². The molecular weight excluding hydrogens is 352 g/mol. The van der Waals surface area contributed by atoms with Crippen molar-refractivity contribution in [3.05, 3.63) is 65.2 Å². The average molecular weight is 380 g/mol. The molecule has 0 spiro atoms. The lowest BCUT2D eigenvalue weighted by molar-refractivity contribution is -0.207. The number of rotatable bonds is 2. The third kappa shape index (κ3) is 2.41. The second-order valence-electron chi connectivity index (χ2n) is 8.88. The Bertz CT molecular complexity index is 919. The van der Waals surface area contributed by atoms with E-state index in [0.29, 0.717) is 24.0 Å². The van der Waals surface area contributed by atoms with Gasteiger partial charge in [0.1, 0.15) is 11.4 Å². The Hall–Kier alpha value is -2.17. The second kappa shape index (κ2) is 6.16. The van der Waals surface area contributed by atoms with E-state index < -0.39 is 16.6 Å². The minimum absolute atomic E-state index is 0.00284. The molecule has 1 saturated carbocycles. The Morgan fingerprint density at radius 1 is 1.11 bits per heavy atom. The molecule has 2 aliphatic rings. The van der Waals surface area contributed by atoms with Gasteiger partial charge in [-0.05, 0) is 55.4 Å². The van der Waals surface area contributed by atoms with Crippen LogP contribution in [0.2, 0.25) is 0 Å². The Morgan fingerprint density at radius 2 is 1.79 bits per heavy atom. The number of aliphatic hydroxyl groups is 2. The highest BCUT2D eigenvalue weighted by molar-refractivity contribution is 6.01. The van der Waals surface area contributed by atoms with Crippen LogP contribution in [0.4, 0.5) is 0 Å². The van der Waals surface area contributed by atoms with E-state index in [4.69, 9.17) is 0 Å². The maximum absolute atomic E-state index is 13.1. The normalized spacial score (nSPS) is 37.2. The van der Waals surface area contributed by atoms with E-state index in [2.05, 4.69) is 6.92 Å². The number of fused-ring (bicyclic) bond motifs is 3. The Morgan fingerprint density at radius 3 is 2.43 bits per heavy atom. The van der Waals surface area contributed by atoms with Gasteiger partial charge in [0, 0.05) is 16.9 Å². The van der Waals surface area contributed by atoms with Crippen LogP contribution in [0.25, 0.3) is 0 Å². The maximum atomic E-state index is 13.1. The molecule has 0 bridgehead atoms. The predicted octanol–water partition coefficient (Wildman–Crippen LogP) is 3.92. The Balaban J connectivity index is 1.92. The SMILES string of the molecule is CC[C@@]12C[C@@](C)(O)[C@](O)(c3ccccc3)C[C@H]1C(C)C(=O)c1cc(O)ccc12. The van der Waals surface area contributed by atoms with Crippen LogP contribution < -0.4 is 0 Å². The predicted molar refractivity (Wildman–Crippen MR) is 107 cm³/mol. The number of benzene rings is 2. The van der Waals surface area contributed by atoms with Gasteiger partial charge in [-0.15, -0.1) is 0 Å². The molecule has 28 heavy (non-hydrogen) atoms. The van der Waals surface area contributed by atoms with Crippen LogP contribution in [0.3, 0.4) is 0 Å². The van der Waals surface area contributed by atoms with Gasteiger partial charge in [-0.25, -0.2) is 0 Å². The van der Waals surface area contributed by atoms with Crippen LogP contribution >= 0.6 is 0 Å². The number of Topliss-reactive ketones (excluding diaryl/α,β-unsaturated/α-hetero) is 1. The molecule has 0 aromatic heterocycles. The highest BCUT2D eigenvalue weighted by atomic mass is 16.4. The fraction of sp³-hybridized carbons (Fsp3) is 0.458. The van der Waals surface area contributed by atoms with Crippen molar-refractivity contribution in [3.8, 4) is 5.75 Å². The third-order valence-corrected chi connectivity index (χ3v) is 7.48. The van der Waals surface area contributed by atoms with Gasteiger partial charge < -0.3 is 15.3 Å². The van der Waals surface area contributed by atoms with Crippen molar-refractivity contribution in [2.24, 2.45) is 11.8 Å². The van der Waals surface area contributed by atoms with Crippen LogP contribution in [-0.2, 0) is 11.0 Å². The molecule has 1 unspecified atom stereocenters. The van der Waals surface area contributed by atoms with Crippen molar-refractivity contribution in [2.45, 2.75) is 56.7 Å². The smallest absolute Gasteiger partial charge is 0.166 e. The zero-order valence-electron chi connectivity index (χ0n) is 16.6. The van der Waals surface area contributed by atoms with Crippen molar-refractivity contribution in [1.29, 1.82) is 0 Å². The summed E-state index contributed by atoms with van der Waals surface area (Å²) in [5, 5.41) is 33.2. The third-order valence-electron chi connectivity index (χ3n) is 7.48. The van der Waals surface area contributed by atoms with E-state index in [0.717, 1.165) is 12.0 Å². The van der Waals surface area contributed by atoms with Crippen molar-refractivity contribution < 1.29 is 20.1 Å². The maximum Gasteiger partial charge on any atom is 0.166 e. The summed E-state index contributed by atoms with van der Waals surface area (Å²) in [6, 6.07) is 14.3. The van der Waals surface area contributed by atoms with Gasteiger partial charge >= 0.3 is 0 Å². The molecule has 0 amide bonds. The van der Waals surface area contributed by atoms with E-state index in [-0.39, 0.29) is 23.4 Å². The van der Waals surface area contributed by atoms with Gasteiger partial charge in [-0.2, -0.15) is 0 Å². The zero-order chi connectivity index (χ0) is 20.3. The molecule has 148 valence electrons. The minimum Gasteiger partial charge on any atom is -0.508 e. The van der Waals surface area contributed by atoms with E-state index in [9.17, 15) is 20.1 Å². The van der Waals surface area contributed by atoms with E-state index in [1.807, 2.05) is 43.3 Å². The lowest BCUT2D eigenvalue weighted by atomic mass is 9.46. The number of hydrogen-bond acceptors (Lipinski definition) is 4. The summed E-state index contributed by atoms with van der Waals surface area (Å²) in [7, 11) is 0. The van der Waals surface area contributed by atoms with Gasteiger partial charge in [0.15, 0.2) is 5.78 Å². The second-order valence-corrected chi connectivity index (χ2v) is 8.88. The summed E-state index contributed by atoms with van der Waals surface area (Å²) in [6.07, 6.45) is 1.40. The molecule has 2 aliphatic carbocycles. The lowest BCUT2D eigenvalue weighted by Crippen LogP contribution is -2.64. The largest absolute Gasteiger partial charge is 0.508 e. The fourth-order valence-electron chi connectivity index (χ4n) is 5.89. The van der Waals surface area contributed by atoms with Crippen molar-refractivity contribution in [1.82, 2.24) is 0 Å². The van der Waals surface area contributed by atoms with E-state index >= 15 is 0 Å². The van der Waals surface area contributed by atoms with Gasteiger partial charge in [0.05, 0.1) is 5.60 Å². The van der Waals surface area contributed by atoms with Crippen LogP contribution in [0, 0.1) is 11.8 Å². The van der Waals surface area contributed by atoms with E-state index in [1.54, 1.807) is 19.1 Å². The number of aromatic hydroxyl groups is 1. The molecular formula is C24H28O4. The molecule has 5 atom stereocenters. The molecule has 0 radical (unpaired) electrons.